The molecule has 2 bridgehead atoms. The number of aromatic nitrogens is 1. The van der Waals surface area contributed by atoms with Crippen molar-refractivity contribution >= 4 is 22.7 Å². The van der Waals surface area contributed by atoms with Gasteiger partial charge in [-0.15, -0.1) is 0 Å². The summed E-state index contributed by atoms with van der Waals surface area (Å²) in [5, 5.41) is 8.40. The fraction of sp³-hybridized carbons (Fsp3) is 0.500. The van der Waals surface area contributed by atoms with Crippen molar-refractivity contribution in [3.8, 4) is 5.75 Å². The van der Waals surface area contributed by atoms with Crippen LogP contribution in [0.2, 0.25) is 0 Å². The van der Waals surface area contributed by atoms with E-state index in [1.165, 1.54) is 9.47 Å². The zero-order valence-electron chi connectivity index (χ0n) is 18.5. The van der Waals surface area contributed by atoms with Crippen LogP contribution in [0.5, 0.6) is 5.75 Å². The van der Waals surface area contributed by atoms with Crippen LogP contribution in [-0.4, -0.2) is 34.5 Å². The molecule has 35 heavy (non-hydrogen) atoms. The summed E-state index contributed by atoms with van der Waals surface area (Å²) in [5.74, 6) is -1.72. The molecule has 11 heteroatoms. The second-order valence-electron chi connectivity index (χ2n) is 10.2. The second kappa shape index (κ2) is 7.22. The van der Waals surface area contributed by atoms with Crippen LogP contribution < -0.4 is 20.8 Å². The van der Waals surface area contributed by atoms with E-state index in [4.69, 9.17) is 10.8 Å². The highest BCUT2D eigenvalue weighted by Gasteiger charge is 2.54. The van der Waals surface area contributed by atoms with Gasteiger partial charge < -0.3 is 25.0 Å². The van der Waals surface area contributed by atoms with E-state index in [9.17, 15) is 22.8 Å². The molecule has 186 valence electrons. The molecule has 4 unspecified atom stereocenters. The number of carbonyl (C=O) groups is 1. The lowest BCUT2D eigenvalue weighted by Gasteiger charge is -2.47. The molecular formula is C24H23F4N3O4. The molecule has 1 aliphatic heterocycles. The number of nitrogens with zero attached hydrogens (tertiary/aromatic N) is 2. The van der Waals surface area contributed by atoms with E-state index in [2.05, 4.69) is 4.74 Å². The third kappa shape index (κ3) is 3.35. The number of rotatable bonds is 3. The van der Waals surface area contributed by atoms with E-state index in [0.717, 1.165) is 25.1 Å². The number of halogens is 4. The summed E-state index contributed by atoms with van der Waals surface area (Å²) < 4.78 is 65.3. The minimum atomic E-state index is -4.97. The van der Waals surface area contributed by atoms with Crippen LogP contribution >= 0.6 is 0 Å². The van der Waals surface area contributed by atoms with Crippen LogP contribution in [0.4, 0.5) is 28.0 Å². The third-order valence-electron chi connectivity index (χ3n) is 8.12. The molecule has 2 saturated carbocycles. The molecule has 5 aliphatic rings. The predicted molar refractivity (Wildman–Crippen MR) is 118 cm³/mol. The normalized spacial score (nSPS) is 29.6. The van der Waals surface area contributed by atoms with Crippen LogP contribution in [0.15, 0.2) is 29.2 Å². The van der Waals surface area contributed by atoms with Gasteiger partial charge in [0, 0.05) is 30.6 Å². The minimum absolute atomic E-state index is 0.0203. The fourth-order valence-electron chi connectivity index (χ4n) is 6.42. The quantitative estimate of drug-likeness (QED) is 0.376. The standard InChI is InChI=1S/C24H23F4N3O4/c25-16-7-13-19(31(12-1-2-12)10-17(21(13)32)35-22(33)34)18(24(26,27)28)20(16)30-8-14-11-3-5-23(29,6-4-11)15(14)9-30/h3,5,7,10-12,14-15H,1-2,4,6,8-9,29H2,(H,33,34). The molecule has 1 aromatic carbocycles. The highest BCUT2D eigenvalue weighted by molar-refractivity contribution is 5.90. The van der Waals surface area contributed by atoms with E-state index in [0.29, 0.717) is 12.8 Å². The Morgan fingerprint density at radius 1 is 1.23 bits per heavy atom. The Bertz CT molecular complexity index is 1350. The van der Waals surface area contributed by atoms with Crippen molar-refractivity contribution in [2.75, 3.05) is 18.0 Å². The van der Waals surface area contributed by atoms with Gasteiger partial charge in [0.05, 0.1) is 22.8 Å². The van der Waals surface area contributed by atoms with Gasteiger partial charge in [-0.3, -0.25) is 4.79 Å². The van der Waals surface area contributed by atoms with Gasteiger partial charge in [-0.05, 0) is 43.6 Å². The molecule has 3 fully saturated rings. The van der Waals surface area contributed by atoms with Gasteiger partial charge in [-0.25, -0.2) is 9.18 Å². The van der Waals surface area contributed by atoms with Crippen molar-refractivity contribution < 1.29 is 32.2 Å². The fourth-order valence-corrected chi connectivity index (χ4v) is 6.42. The SMILES string of the molecule is NC12C=CC(CC1)C1CN(c3c(F)cc4c(=O)c(OC(=O)O)cn(C5CC5)c4c3C(F)(F)F)CC12. The molecule has 0 radical (unpaired) electrons. The molecule has 7 rings (SSSR count). The summed E-state index contributed by atoms with van der Waals surface area (Å²) in [4.78, 5) is 25.4. The van der Waals surface area contributed by atoms with Crippen LogP contribution in [0.1, 0.15) is 37.3 Å². The van der Waals surface area contributed by atoms with E-state index < -0.39 is 57.0 Å². The third-order valence-corrected chi connectivity index (χ3v) is 8.12. The Balaban J connectivity index is 1.58. The van der Waals surface area contributed by atoms with Gasteiger partial charge in [0.15, 0.2) is 5.75 Å². The zero-order chi connectivity index (χ0) is 24.9. The van der Waals surface area contributed by atoms with Crippen LogP contribution in [-0.2, 0) is 6.18 Å². The maximum atomic E-state index is 15.6. The van der Waals surface area contributed by atoms with Crippen LogP contribution in [0, 0.1) is 23.6 Å². The number of alkyl halides is 3. The van der Waals surface area contributed by atoms with Crippen molar-refractivity contribution in [2.45, 2.75) is 43.4 Å². The minimum Gasteiger partial charge on any atom is -0.449 e. The summed E-state index contributed by atoms with van der Waals surface area (Å²) >= 11 is 0. The van der Waals surface area contributed by atoms with Gasteiger partial charge in [-0.2, -0.15) is 13.2 Å². The van der Waals surface area contributed by atoms with E-state index in [-0.39, 0.29) is 36.9 Å². The number of carboxylic acid groups (broad SMARTS) is 1. The Labute approximate surface area is 196 Å². The lowest BCUT2D eigenvalue weighted by atomic mass is 9.60. The maximum Gasteiger partial charge on any atom is 0.511 e. The number of allylic oxidation sites excluding steroid dienone is 1. The molecule has 4 atom stereocenters. The first-order valence-corrected chi connectivity index (χ1v) is 11.6. The average Bonchev–Trinajstić information content (AvgIpc) is 3.51. The van der Waals surface area contributed by atoms with E-state index in [1.54, 1.807) is 0 Å². The highest BCUT2D eigenvalue weighted by atomic mass is 19.4. The molecule has 0 spiro atoms. The summed E-state index contributed by atoms with van der Waals surface area (Å²) in [6, 6.07) is 0.408. The number of nitrogens with two attached hydrogens (primary N) is 1. The molecule has 1 aromatic heterocycles. The predicted octanol–water partition coefficient (Wildman–Crippen LogP) is 4.28. The van der Waals surface area contributed by atoms with Crippen molar-refractivity contribution in [2.24, 2.45) is 23.5 Å². The average molecular weight is 493 g/mol. The van der Waals surface area contributed by atoms with Crippen molar-refractivity contribution in [1.82, 2.24) is 4.57 Å². The number of hydrogen-bond donors (Lipinski definition) is 2. The molecule has 2 aromatic rings. The Hall–Kier alpha value is -3.08. The topological polar surface area (TPSA) is 97.8 Å². The Morgan fingerprint density at radius 3 is 2.54 bits per heavy atom. The number of benzene rings is 1. The zero-order valence-corrected chi connectivity index (χ0v) is 18.5. The molecule has 2 heterocycles. The lowest BCUT2D eigenvalue weighted by Crippen LogP contribution is -2.55. The van der Waals surface area contributed by atoms with Gasteiger partial charge >= 0.3 is 12.3 Å². The number of pyridine rings is 1. The van der Waals surface area contributed by atoms with Crippen molar-refractivity contribution in [3.63, 3.8) is 0 Å². The molecule has 0 amide bonds. The van der Waals surface area contributed by atoms with Gasteiger partial charge in [-0.1, -0.05) is 12.2 Å². The van der Waals surface area contributed by atoms with Crippen molar-refractivity contribution in [1.29, 1.82) is 0 Å². The van der Waals surface area contributed by atoms with Gasteiger partial charge in [0.1, 0.15) is 11.4 Å². The summed E-state index contributed by atoms with van der Waals surface area (Å²) in [7, 11) is 0. The van der Waals surface area contributed by atoms with Crippen molar-refractivity contribution in [3.05, 3.63) is 46.0 Å². The number of hydrogen-bond acceptors (Lipinski definition) is 5. The van der Waals surface area contributed by atoms with E-state index in [1.807, 2.05) is 12.2 Å². The number of anilines is 1. The maximum absolute atomic E-state index is 15.6. The molecule has 1 saturated heterocycles. The summed E-state index contributed by atoms with van der Waals surface area (Å²) in [5.41, 5.74) is 2.61. The number of ether oxygens (including phenoxy) is 1. The summed E-state index contributed by atoms with van der Waals surface area (Å²) in [6.07, 6.45) is 0.902. The largest absolute Gasteiger partial charge is 0.511 e. The smallest absolute Gasteiger partial charge is 0.449 e. The summed E-state index contributed by atoms with van der Waals surface area (Å²) in [6.45, 7) is 0.416. The number of fused-ring (bicyclic) bond motifs is 2. The Morgan fingerprint density at radius 2 is 1.97 bits per heavy atom. The van der Waals surface area contributed by atoms with Gasteiger partial charge in [0.2, 0.25) is 5.43 Å². The Kier molecular flexibility index (Phi) is 4.62. The van der Waals surface area contributed by atoms with Crippen LogP contribution in [0.3, 0.4) is 0 Å². The lowest BCUT2D eigenvalue weighted by molar-refractivity contribution is -0.136. The molecular weight excluding hydrogens is 470 g/mol. The molecule has 3 N–H and O–H groups in total. The first-order valence-electron chi connectivity index (χ1n) is 11.6. The first kappa shape index (κ1) is 22.4. The van der Waals surface area contributed by atoms with Gasteiger partial charge in [0.25, 0.3) is 0 Å². The molecule has 7 nitrogen and oxygen atoms in total. The first-order chi connectivity index (χ1) is 16.5. The van der Waals surface area contributed by atoms with Crippen LogP contribution in [0.25, 0.3) is 10.9 Å². The monoisotopic (exact) mass is 493 g/mol. The highest BCUT2D eigenvalue weighted by Crippen LogP contribution is 2.53. The second-order valence-corrected chi connectivity index (χ2v) is 10.2. The molecule has 4 aliphatic carbocycles. The van der Waals surface area contributed by atoms with E-state index >= 15 is 4.39 Å².